The van der Waals surface area contributed by atoms with E-state index in [-0.39, 0.29) is 5.84 Å². The van der Waals surface area contributed by atoms with Crippen molar-refractivity contribution in [2.24, 2.45) is 15.3 Å². The highest BCUT2D eigenvalue weighted by atomic mass is 32.2. The number of fused-ring (bicyclic) bond motifs is 1. The van der Waals surface area contributed by atoms with E-state index in [1.54, 1.807) is 6.07 Å². The van der Waals surface area contributed by atoms with Crippen molar-refractivity contribution in [1.82, 2.24) is 0 Å². The molecule has 0 radical (unpaired) electrons. The fourth-order valence-electron chi connectivity index (χ4n) is 1.92. The zero-order chi connectivity index (χ0) is 15.1. The summed E-state index contributed by atoms with van der Waals surface area (Å²) < 4.78 is 28.7. The molecular weight excluding hydrogens is 312 g/mol. The molecule has 0 fully saturated rings. The fourth-order valence-corrected chi connectivity index (χ4v) is 2.81. The average Bonchev–Trinajstić information content (AvgIpc) is 2.45. The lowest BCUT2D eigenvalue weighted by molar-refractivity contribution is 0.293. The van der Waals surface area contributed by atoms with Crippen molar-refractivity contribution in [2.45, 2.75) is 19.3 Å². The third-order valence-electron chi connectivity index (χ3n) is 2.86. The van der Waals surface area contributed by atoms with Crippen LogP contribution in [0.3, 0.4) is 0 Å². The summed E-state index contributed by atoms with van der Waals surface area (Å²) >= 11 is -0.633. The Balaban J connectivity index is 1.87. The van der Waals surface area contributed by atoms with Gasteiger partial charge in [-0.05, 0) is 31.4 Å². The Hall–Kier alpha value is -1.29. The molecule has 0 amide bonds. The van der Waals surface area contributed by atoms with Crippen molar-refractivity contribution in [3.05, 3.63) is 23.8 Å². The summed E-state index contributed by atoms with van der Waals surface area (Å²) in [6, 6.07) is 5.44. The topological polar surface area (TPSA) is 112 Å². The smallest absolute Gasteiger partial charge is 0.245 e. The van der Waals surface area contributed by atoms with Crippen molar-refractivity contribution < 1.29 is 13.1 Å². The van der Waals surface area contributed by atoms with Crippen LogP contribution in [0.4, 0.5) is 5.69 Å². The Labute approximate surface area is 130 Å². The second-order valence-electron chi connectivity index (χ2n) is 4.33. The third kappa shape index (κ3) is 4.60. The van der Waals surface area contributed by atoms with Crippen molar-refractivity contribution in [3.63, 3.8) is 0 Å². The van der Waals surface area contributed by atoms with Crippen LogP contribution < -0.4 is 20.3 Å². The first-order chi connectivity index (χ1) is 10.2. The van der Waals surface area contributed by atoms with E-state index in [1.807, 2.05) is 12.1 Å². The quantitative estimate of drug-likeness (QED) is 0.378. The Morgan fingerprint density at radius 1 is 1.29 bits per heavy atom. The minimum atomic E-state index is -1.52. The minimum Gasteiger partial charge on any atom is -0.493 e. The summed E-state index contributed by atoms with van der Waals surface area (Å²) in [5, 5.41) is 5.15. The van der Waals surface area contributed by atoms with Crippen LogP contribution in [0.2, 0.25) is 0 Å². The van der Waals surface area contributed by atoms with Crippen LogP contribution in [-0.2, 0) is 15.4 Å². The zero-order valence-electron chi connectivity index (χ0n) is 11.4. The van der Waals surface area contributed by atoms with Crippen LogP contribution in [0.25, 0.3) is 0 Å². The van der Waals surface area contributed by atoms with Gasteiger partial charge in [-0.15, -0.1) is 0 Å². The first-order valence-corrected chi connectivity index (χ1v) is 8.40. The Bertz CT molecular complexity index is 539. The fraction of sp³-hybridized carbons (Fsp3) is 0.417. The zero-order valence-corrected chi connectivity index (χ0v) is 13.0. The van der Waals surface area contributed by atoms with E-state index in [9.17, 15) is 4.21 Å². The van der Waals surface area contributed by atoms with Gasteiger partial charge in [0.05, 0.1) is 36.7 Å². The summed E-state index contributed by atoms with van der Waals surface area (Å²) in [6.45, 7) is 1.21. The lowest BCUT2D eigenvalue weighted by atomic mass is 10.1. The molecule has 0 saturated heterocycles. The van der Waals surface area contributed by atoms with Crippen LogP contribution >= 0.6 is 12.2 Å². The molecule has 0 spiro atoms. The van der Waals surface area contributed by atoms with Gasteiger partial charge in [0.25, 0.3) is 0 Å². The van der Waals surface area contributed by atoms with E-state index in [0.29, 0.717) is 30.2 Å². The van der Waals surface area contributed by atoms with E-state index >= 15 is 0 Å². The van der Waals surface area contributed by atoms with Crippen LogP contribution in [-0.4, -0.2) is 23.3 Å². The number of anilines is 1. The lowest BCUT2D eigenvalue weighted by Crippen LogP contribution is -2.24. The van der Waals surface area contributed by atoms with E-state index in [1.165, 1.54) is 0 Å². The van der Waals surface area contributed by atoms with Crippen LogP contribution in [0.5, 0.6) is 5.75 Å². The van der Waals surface area contributed by atoms with Gasteiger partial charge in [-0.25, -0.2) is 4.21 Å². The van der Waals surface area contributed by atoms with E-state index in [2.05, 4.69) is 9.12 Å². The molecule has 9 heteroatoms. The number of rotatable bonds is 8. The molecule has 1 unspecified atom stereocenters. The van der Waals surface area contributed by atoms with E-state index < -0.39 is 11.2 Å². The second-order valence-corrected chi connectivity index (χ2v) is 5.65. The predicted molar refractivity (Wildman–Crippen MR) is 86.0 cm³/mol. The Morgan fingerprint density at radius 2 is 2.10 bits per heavy atom. The van der Waals surface area contributed by atoms with E-state index in [0.717, 1.165) is 31.5 Å². The molecule has 1 atom stereocenters. The molecule has 1 aromatic carbocycles. The first kappa shape index (κ1) is 16.1. The van der Waals surface area contributed by atoms with Gasteiger partial charge in [-0.1, -0.05) is 6.07 Å². The van der Waals surface area contributed by atoms with Crippen molar-refractivity contribution in [2.75, 3.05) is 17.9 Å². The number of ether oxygens (including phenoxy) is 1. The summed E-state index contributed by atoms with van der Waals surface area (Å²) in [5.74, 6) is 0.873. The predicted octanol–water partition coefficient (Wildman–Crippen LogP) is 1.48. The summed E-state index contributed by atoms with van der Waals surface area (Å²) in [7, 11) is 0. The molecule has 1 aromatic rings. The number of benzene rings is 1. The number of amidine groups is 1. The highest BCUT2D eigenvalue weighted by molar-refractivity contribution is 7.92. The average molecular weight is 330 g/mol. The van der Waals surface area contributed by atoms with Gasteiger partial charge in [-0.2, -0.15) is 4.40 Å². The Kier molecular flexibility index (Phi) is 6.30. The van der Waals surface area contributed by atoms with Crippen molar-refractivity contribution in [3.8, 4) is 5.75 Å². The molecule has 116 valence electrons. The first-order valence-electron chi connectivity index (χ1n) is 6.49. The van der Waals surface area contributed by atoms with Gasteiger partial charge in [0.1, 0.15) is 11.6 Å². The lowest BCUT2D eigenvalue weighted by Gasteiger charge is -2.18. The van der Waals surface area contributed by atoms with Gasteiger partial charge in [-0.3, -0.25) is 9.86 Å². The third-order valence-corrected chi connectivity index (χ3v) is 3.92. The van der Waals surface area contributed by atoms with Crippen molar-refractivity contribution >= 4 is 34.9 Å². The van der Waals surface area contributed by atoms with Gasteiger partial charge >= 0.3 is 0 Å². The molecule has 0 aliphatic carbocycles. The molecule has 1 heterocycles. The van der Waals surface area contributed by atoms with Crippen LogP contribution in [0, 0.1) is 0 Å². The molecule has 0 aromatic heterocycles. The summed E-state index contributed by atoms with van der Waals surface area (Å²) in [5.41, 5.74) is 7.17. The maximum Gasteiger partial charge on any atom is 0.245 e. The number of nitrogens with one attached hydrogen (secondary N) is 1. The number of hydrogen-bond acceptors (Lipinski definition) is 6. The molecule has 5 N–H and O–H groups in total. The molecule has 1 aliphatic rings. The summed E-state index contributed by atoms with van der Waals surface area (Å²) in [6.07, 6.45) is 2.82. The van der Waals surface area contributed by atoms with E-state index in [4.69, 9.17) is 19.8 Å². The molecule has 0 bridgehead atoms. The maximum atomic E-state index is 11.4. The maximum absolute atomic E-state index is 11.4. The molecule has 21 heavy (non-hydrogen) atoms. The molecular formula is C12H18N4O3S2. The molecule has 7 nitrogen and oxygen atoms in total. The monoisotopic (exact) mass is 330 g/mol. The van der Waals surface area contributed by atoms with Crippen LogP contribution in [0.1, 0.15) is 24.8 Å². The van der Waals surface area contributed by atoms with Crippen molar-refractivity contribution in [1.29, 1.82) is 0 Å². The van der Waals surface area contributed by atoms with Gasteiger partial charge in [0.15, 0.2) is 0 Å². The van der Waals surface area contributed by atoms with Gasteiger partial charge in [0, 0.05) is 0 Å². The molecule has 1 aliphatic heterocycles. The Morgan fingerprint density at radius 3 is 2.90 bits per heavy atom. The number of unbranched alkanes of at least 4 members (excludes halogenated alkanes) is 2. The van der Waals surface area contributed by atoms with Gasteiger partial charge < -0.3 is 14.7 Å². The SMILES string of the molecule is NSOCCCCCOc1cccc2c1C(N)=NS(=O)N2. The minimum absolute atomic E-state index is 0.228. The number of hydrogen-bond donors (Lipinski definition) is 3. The number of nitrogens with two attached hydrogens (primary N) is 2. The molecule has 2 rings (SSSR count). The highest BCUT2D eigenvalue weighted by Gasteiger charge is 2.19. The highest BCUT2D eigenvalue weighted by Crippen LogP contribution is 2.29. The summed E-state index contributed by atoms with van der Waals surface area (Å²) in [4.78, 5) is 0. The standard InChI is InChI=1S/C12H18N4O3S2/c13-12-11-9(15-21(17)16-12)5-4-6-10(11)18-7-2-1-3-8-19-20-14/h4-6,15H,1-3,7-8,14H2,(H2,13,16). The molecule has 0 saturated carbocycles. The normalized spacial score (nSPS) is 16.8. The number of nitrogens with zero attached hydrogens (tertiary/aromatic N) is 1. The van der Waals surface area contributed by atoms with Gasteiger partial charge in [0.2, 0.25) is 11.2 Å². The largest absolute Gasteiger partial charge is 0.493 e. The van der Waals surface area contributed by atoms with Crippen LogP contribution in [0.15, 0.2) is 22.6 Å². The second kappa shape index (κ2) is 8.23.